The number of benzene rings is 1. The summed E-state index contributed by atoms with van der Waals surface area (Å²) in [6, 6.07) is 8.04. The zero-order chi connectivity index (χ0) is 22.1. The second-order valence-corrected chi connectivity index (χ2v) is 7.73. The molecule has 1 saturated heterocycles. The number of fused-ring (bicyclic) bond motifs is 1. The molecule has 1 aliphatic rings. The molecule has 3 aromatic rings. The van der Waals surface area contributed by atoms with E-state index in [1.165, 1.54) is 22.5 Å². The molecule has 1 aromatic carbocycles. The summed E-state index contributed by atoms with van der Waals surface area (Å²) in [5.74, 6) is -0.160. The summed E-state index contributed by atoms with van der Waals surface area (Å²) in [4.78, 5) is 45.7. The molecule has 0 N–H and O–H groups in total. The van der Waals surface area contributed by atoms with Gasteiger partial charge in [-0.15, -0.1) is 0 Å². The number of likely N-dealkylation sites (N-methyl/N-ethyl adjacent to an activating group) is 1. The number of rotatable bonds is 5. The molecule has 0 saturated carbocycles. The first kappa shape index (κ1) is 20.9. The lowest BCUT2D eigenvalue weighted by Gasteiger charge is -2.31. The number of ether oxygens (including phenoxy) is 1. The van der Waals surface area contributed by atoms with Crippen LogP contribution in [0.4, 0.5) is 5.69 Å². The number of hydrogen-bond acceptors (Lipinski definition) is 6. The van der Waals surface area contributed by atoms with Crippen molar-refractivity contribution in [3.05, 3.63) is 57.0 Å². The molecule has 1 aliphatic heterocycles. The number of anilines is 1. The Labute approximate surface area is 178 Å². The molecule has 1 fully saturated rings. The predicted octanol–water partition coefficient (Wildman–Crippen LogP) is -0.0711. The van der Waals surface area contributed by atoms with Crippen molar-refractivity contribution >= 4 is 22.8 Å². The largest absolute Gasteiger partial charge is 0.378 e. The average Bonchev–Trinajstić information content (AvgIpc) is 3.20. The zero-order valence-electron chi connectivity index (χ0n) is 17.9. The molecule has 10 heteroatoms. The van der Waals surface area contributed by atoms with Crippen LogP contribution in [0.15, 0.2) is 40.2 Å². The summed E-state index contributed by atoms with van der Waals surface area (Å²) in [7, 11) is 4.71. The highest BCUT2D eigenvalue weighted by Gasteiger charge is 2.20. The monoisotopic (exact) mass is 426 g/mol. The van der Waals surface area contributed by atoms with Crippen molar-refractivity contribution in [3.8, 4) is 0 Å². The van der Waals surface area contributed by atoms with Gasteiger partial charge in [0.1, 0.15) is 6.54 Å². The minimum absolute atomic E-state index is 0.0415. The molecule has 2 aromatic heterocycles. The van der Waals surface area contributed by atoms with Crippen LogP contribution >= 0.6 is 0 Å². The highest BCUT2D eigenvalue weighted by atomic mass is 16.5. The number of hydrogen-bond donors (Lipinski definition) is 0. The molecule has 4 rings (SSSR count). The Morgan fingerprint density at radius 1 is 1.13 bits per heavy atom. The molecule has 0 spiro atoms. The number of nitrogens with zero attached hydrogens (tertiary/aromatic N) is 6. The Morgan fingerprint density at radius 3 is 2.58 bits per heavy atom. The topological polar surface area (TPSA) is 94.6 Å². The van der Waals surface area contributed by atoms with Crippen molar-refractivity contribution in [2.45, 2.75) is 13.1 Å². The van der Waals surface area contributed by atoms with Crippen LogP contribution in [0, 0.1) is 0 Å². The van der Waals surface area contributed by atoms with Crippen molar-refractivity contribution < 1.29 is 9.53 Å². The van der Waals surface area contributed by atoms with Crippen molar-refractivity contribution in [1.82, 2.24) is 23.6 Å². The SMILES string of the molecule is CN(Cc1ccccc1N1CCOCC1)C(=O)Cn1cnc2c1c(=O)n(C)c(=O)n2C. The van der Waals surface area contributed by atoms with E-state index < -0.39 is 11.2 Å². The fourth-order valence-electron chi connectivity index (χ4n) is 3.88. The molecule has 1 amide bonds. The summed E-state index contributed by atoms with van der Waals surface area (Å²) in [6.45, 7) is 3.41. The summed E-state index contributed by atoms with van der Waals surface area (Å²) in [5.41, 5.74) is 1.73. The van der Waals surface area contributed by atoms with Crippen LogP contribution in [0.1, 0.15) is 5.56 Å². The van der Waals surface area contributed by atoms with E-state index >= 15 is 0 Å². The number of aromatic nitrogens is 4. The van der Waals surface area contributed by atoms with E-state index in [4.69, 9.17) is 4.74 Å². The molecule has 3 heterocycles. The van der Waals surface area contributed by atoms with Gasteiger partial charge in [-0.3, -0.25) is 18.7 Å². The summed E-state index contributed by atoms with van der Waals surface area (Å²) in [5, 5.41) is 0. The molecule has 164 valence electrons. The fraction of sp³-hybridized carbons (Fsp3) is 0.429. The lowest BCUT2D eigenvalue weighted by molar-refractivity contribution is -0.131. The Morgan fingerprint density at radius 2 is 1.84 bits per heavy atom. The minimum atomic E-state index is -0.469. The van der Waals surface area contributed by atoms with Gasteiger partial charge in [0.15, 0.2) is 11.2 Å². The second-order valence-electron chi connectivity index (χ2n) is 7.73. The van der Waals surface area contributed by atoms with Crippen molar-refractivity contribution in [3.63, 3.8) is 0 Å². The third-order valence-electron chi connectivity index (χ3n) is 5.70. The smallest absolute Gasteiger partial charge is 0.332 e. The van der Waals surface area contributed by atoms with Gasteiger partial charge >= 0.3 is 5.69 Å². The van der Waals surface area contributed by atoms with Gasteiger partial charge in [0, 0.05) is 46.5 Å². The molecular weight excluding hydrogens is 400 g/mol. The van der Waals surface area contributed by atoms with Crippen molar-refractivity contribution in [2.75, 3.05) is 38.3 Å². The van der Waals surface area contributed by atoms with E-state index in [2.05, 4.69) is 16.0 Å². The van der Waals surface area contributed by atoms with Gasteiger partial charge in [0.25, 0.3) is 5.56 Å². The second kappa shape index (κ2) is 8.38. The number of carbonyl (C=O) groups excluding carboxylic acids is 1. The van der Waals surface area contributed by atoms with Crippen molar-refractivity contribution in [2.24, 2.45) is 14.1 Å². The Hall–Kier alpha value is -3.40. The van der Waals surface area contributed by atoms with Crippen LogP contribution in [0.25, 0.3) is 11.2 Å². The highest BCUT2D eigenvalue weighted by Crippen LogP contribution is 2.23. The van der Waals surface area contributed by atoms with E-state index in [1.807, 2.05) is 18.2 Å². The van der Waals surface area contributed by atoms with E-state index in [1.54, 1.807) is 19.0 Å². The van der Waals surface area contributed by atoms with E-state index in [-0.39, 0.29) is 23.6 Å². The maximum Gasteiger partial charge on any atom is 0.332 e. The number of imidazole rings is 1. The number of para-hydroxylation sites is 1. The standard InChI is InChI=1S/C21H26N6O4/c1-23(12-15-6-4-5-7-16(15)26-8-10-31-11-9-26)17(28)13-27-14-22-19-18(27)20(29)25(3)21(30)24(19)2/h4-7,14H,8-13H2,1-3H3. The molecule has 0 radical (unpaired) electrons. The Balaban J connectivity index is 1.56. The minimum Gasteiger partial charge on any atom is -0.378 e. The van der Waals surface area contributed by atoms with Crippen LogP contribution in [-0.4, -0.2) is 62.8 Å². The van der Waals surface area contributed by atoms with Crippen LogP contribution in [0.2, 0.25) is 0 Å². The van der Waals surface area contributed by atoms with Crippen LogP contribution in [-0.2, 0) is 36.7 Å². The fourth-order valence-corrected chi connectivity index (χ4v) is 3.88. The lowest BCUT2D eigenvalue weighted by Crippen LogP contribution is -2.38. The molecule has 0 bridgehead atoms. The van der Waals surface area contributed by atoms with E-state index in [0.717, 1.165) is 28.9 Å². The zero-order valence-corrected chi connectivity index (χ0v) is 17.9. The summed E-state index contributed by atoms with van der Waals surface area (Å²) < 4.78 is 9.28. The van der Waals surface area contributed by atoms with Crippen LogP contribution in [0.3, 0.4) is 0 Å². The van der Waals surface area contributed by atoms with Crippen LogP contribution in [0.5, 0.6) is 0 Å². The van der Waals surface area contributed by atoms with Gasteiger partial charge < -0.3 is 19.1 Å². The predicted molar refractivity (Wildman–Crippen MR) is 116 cm³/mol. The first-order valence-electron chi connectivity index (χ1n) is 10.1. The first-order valence-corrected chi connectivity index (χ1v) is 10.1. The number of morpholine rings is 1. The molecule has 31 heavy (non-hydrogen) atoms. The molecule has 0 atom stereocenters. The number of aryl methyl sites for hydroxylation is 1. The Kier molecular flexibility index (Phi) is 5.64. The maximum atomic E-state index is 13.0. The highest BCUT2D eigenvalue weighted by molar-refractivity contribution is 5.79. The first-order chi connectivity index (χ1) is 14.9. The van der Waals surface area contributed by atoms with Crippen LogP contribution < -0.4 is 16.1 Å². The molecule has 0 aliphatic carbocycles. The van der Waals surface area contributed by atoms with Gasteiger partial charge in [-0.25, -0.2) is 9.78 Å². The average molecular weight is 426 g/mol. The quantitative estimate of drug-likeness (QED) is 0.567. The van der Waals surface area contributed by atoms with Gasteiger partial charge in [-0.2, -0.15) is 0 Å². The summed E-state index contributed by atoms with van der Waals surface area (Å²) >= 11 is 0. The van der Waals surface area contributed by atoms with Gasteiger partial charge in [0.2, 0.25) is 5.91 Å². The Bertz CT molecular complexity index is 1230. The van der Waals surface area contributed by atoms with E-state index in [0.29, 0.717) is 19.8 Å². The number of carbonyl (C=O) groups is 1. The van der Waals surface area contributed by atoms with E-state index in [9.17, 15) is 14.4 Å². The maximum absolute atomic E-state index is 13.0. The molecular formula is C21H26N6O4. The summed E-state index contributed by atoms with van der Waals surface area (Å²) in [6.07, 6.45) is 1.43. The third-order valence-corrected chi connectivity index (χ3v) is 5.70. The molecule has 10 nitrogen and oxygen atoms in total. The number of amides is 1. The van der Waals surface area contributed by atoms with Gasteiger partial charge in [-0.1, -0.05) is 18.2 Å². The van der Waals surface area contributed by atoms with Crippen molar-refractivity contribution in [1.29, 1.82) is 0 Å². The molecule has 0 unspecified atom stereocenters. The van der Waals surface area contributed by atoms with Gasteiger partial charge in [0.05, 0.1) is 19.5 Å². The van der Waals surface area contributed by atoms with Gasteiger partial charge in [-0.05, 0) is 11.6 Å². The normalized spacial score (nSPS) is 14.2. The lowest BCUT2D eigenvalue weighted by atomic mass is 10.1. The third kappa shape index (κ3) is 3.86.